The van der Waals surface area contributed by atoms with Crippen LogP contribution in [0.2, 0.25) is 0 Å². The van der Waals surface area contributed by atoms with E-state index in [0.29, 0.717) is 0 Å². The largest absolute Gasteiger partial charge is 0.312 e. The van der Waals surface area contributed by atoms with Crippen LogP contribution in [0, 0.1) is 11.6 Å². The Labute approximate surface area is 101 Å². The number of hydrogen-bond acceptors (Lipinski definition) is 1. The topological polar surface area (TPSA) is 12.0 Å². The highest BCUT2D eigenvalue weighted by atomic mass is 19.1. The molecule has 3 heteroatoms. The molecule has 0 unspecified atom stereocenters. The number of benzene rings is 1. The van der Waals surface area contributed by atoms with Gasteiger partial charge >= 0.3 is 0 Å². The Kier molecular flexibility index (Phi) is 4.26. The van der Waals surface area contributed by atoms with Gasteiger partial charge in [-0.05, 0) is 44.4 Å². The smallest absolute Gasteiger partial charge is 0.130 e. The average molecular weight is 237 g/mol. The Hall–Kier alpha value is -1.22. The molecule has 0 amide bonds. The summed E-state index contributed by atoms with van der Waals surface area (Å²) in [7, 11) is 0. The van der Waals surface area contributed by atoms with Gasteiger partial charge in [0.25, 0.3) is 0 Å². The van der Waals surface area contributed by atoms with Crippen LogP contribution < -0.4 is 5.32 Å². The first-order valence-corrected chi connectivity index (χ1v) is 6.09. The van der Waals surface area contributed by atoms with E-state index in [9.17, 15) is 8.78 Å². The zero-order valence-electron chi connectivity index (χ0n) is 9.81. The van der Waals surface area contributed by atoms with Crippen molar-refractivity contribution in [1.82, 2.24) is 5.32 Å². The summed E-state index contributed by atoms with van der Waals surface area (Å²) in [5.74, 6) is -0.949. The van der Waals surface area contributed by atoms with E-state index < -0.39 is 11.6 Å². The third kappa shape index (κ3) is 3.37. The maximum Gasteiger partial charge on any atom is 0.130 e. The van der Waals surface area contributed by atoms with Crippen molar-refractivity contribution in [1.29, 1.82) is 0 Å². The second-order valence-corrected chi connectivity index (χ2v) is 4.38. The van der Waals surface area contributed by atoms with Gasteiger partial charge in [-0.2, -0.15) is 0 Å². The van der Waals surface area contributed by atoms with Crippen molar-refractivity contribution in [2.75, 3.05) is 6.54 Å². The maximum atomic E-state index is 13.3. The van der Waals surface area contributed by atoms with Gasteiger partial charge in [0.1, 0.15) is 11.6 Å². The third-order valence-corrected chi connectivity index (χ3v) is 3.12. The fourth-order valence-corrected chi connectivity index (χ4v) is 2.13. The summed E-state index contributed by atoms with van der Waals surface area (Å²) in [6.45, 7) is 1.03. The molecule has 0 fully saturated rings. The van der Waals surface area contributed by atoms with Crippen molar-refractivity contribution in [3.05, 3.63) is 47.0 Å². The molecule has 0 saturated carbocycles. The van der Waals surface area contributed by atoms with Gasteiger partial charge in [0.2, 0.25) is 0 Å². The van der Waals surface area contributed by atoms with E-state index in [0.717, 1.165) is 13.0 Å². The van der Waals surface area contributed by atoms with Crippen molar-refractivity contribution in [2.24, 2.45) is 0 Å². The Morgan fingerprint density at radius 1 is 1.18 bits per heavy atom. The first kappa shape index (κ1) is 12.2. The van der Waals surface area contributed by atoms with E-state index in [4.69, 9.17) is 0 Å². The lowest BCUT2D eigenvalue weighted by Crippen LogP contribution is -2.17. The zero-order valence-corrected chi connectivity index (χ0v) is 9.81. The van der Waals surface area contributed by atoms with Crippen LogP contribution in [0.4, 0.5) is 8.78 Å². The van der Waals surface area contributed by atoms with Crippen LogP contribution in [-0.4, -0.2) is 6.54 Å². The first-order chi connectivity index (χ1) is 8.27. The molecule has 0 heterocycles. The predicted molar refractivity (Wildman–Crippen MR) is 64.6 cm³/mol. The summed E-state index contributed by atoms with van der Waals surface area (Å²) in [5.41, 5.74) is 1.60. The van der Waals surface area contributed by atoms with Gasteiger partial charge in [0.15, 0.2) is 0 Å². The van der Waals surface area contributed by atoms with E-state index >= 15 is 0 Å². The lowest BCUT2D eigenvalue weighted by molar-refractivity contribution is 0.535. The molecule has 92 valence electrons. The van der Waals surface area contributed by atoms with Crippen molar-refractivity contribution < 1.29 is 8.78 Å². The van der Waals surface area contributed by atoms with Gasteiger partial charge in [-0.1, -0.05) is 17.7 Å². The van der Waals surface area contributed by atoms with Crippen LogP contribution in [0.25, 0.3) is 0 Å². The second-order valence-electron chi connectivity index (χ2n) is 4.38. The first-order valence-electron chi connectivity index (χ1n) is 6.09. The highest BCUT2D eigenvalue weighted by Crippen LogP contribution is 2.19. The van der Waals surface area contributed by atoms with Crippen LogP contribution in [0.1, 0.15) is 31.2 Å². The molecular formula is C14H17F2N. The summed E-state index contributed by atoms with van der Waals surface area (Å²) < 4.78 is 26.6. The lowest BCUT2D eigenvalue weighted by atomic mass is 10.1. The highest BCUT2D eigenvalue weighted by Gasteiger charge is 2.08. The molecule has 1 aromatic carbocycles. The molecule has 1 N–H and O–H groups in total. The van der Waals surface area contributed by atoms with E-state index in [1.54, 1.807) is 0 Å². The van der Waals surface area contributed by atoms with Crippen LogP contribution in [-0.2, 0) is 6.54 Å². The van der Waals surface area contributed by atoms with Gasteiger partial charge < -0.3 is 5.32 Å². The molecule has 17 heavy (non-hydrogen) atoms. The molecule has 0 atom stereocenters. The predicted octanol–water partition coefficient (Wildman–Crippen LogP) is 3.55. The van der Waals surface area contributed by atoms with Gasteiger partial charge in [-0.25, -0.2) is 8.78 Å². The van der Waals surface area contributed by atoms with E-state index in [2.05, 4.69) is 11.4 Å². The standard InChI is InChI=1S/C14H17F2N/c15-13-6-3-7-14(16)12(13)10-17-9-8-11-4-1-2-5-11/h3-4,6-7,17H,1-2,5,8-10H2. The summed E-state index contributed by atoms with van der Waals surface area (Å²) in [6.07, 6.45) is 6.85. The molecule has 1 aromatic rings. The molecule has 1 nitrogen and oxygen atoms in total. The highest BCUT2D eigenvalue weighted by molar-refractivity contribution is 5.19. The van der Waals surface area contributed by atoms with Crippen molar-refractivity contribution in [3.63, 3.8) is 0 Å². The molecule has 1 aliphatic carbocycles. The average Bonchev–Trinajstić information content (AvgIpc) is 2.80. The minimum absolute atomic E-state index is 0.132. The zero-order chi connectivity index (χ0) is 12.1. The molecule has 0 bridgehead atoms. The lowest BCUT2D eigenvalue weighted by Gasteiger charge is -2.07. The van der Waals surface area contributed by atoms with E-state index in [1.165, 1.54) is 43.0 Å². The van der Waals surface area contributed by atoms with E-state index in [1.807, 2.05) is 0 Å². The van der Waals surface area contributed by atoms with Crippen molar-refractivity contribution >= 4 is 0 Å². The Bertz CT molecular complexity index is 392. The quantitative estimate of drug-likeness (QED) is 0.610. The summed E-state index contributed by atoms with van der Waals surface area (Å²) in [6, 6.07) is 3.97. The SMILES string of the molecule is Fc1cccc(F)c1CNCCC1=CCCC1. The third-order valence-electron chi connectivity index (χ3n) is 3.12. The van der Waals surface area contributed by atoms with Crippen molar-refractivity contribution in [2.45, 2.75) is 32.2 Å². The van der Waals surface area contributed by atoms with Gasteiger partial charge in [-0.3, -0.25) is 0 Å². The molecule has 0 spiro atoms. The summed E-state index contributed by atoms with van der Waals surface area (Å²) >= 11 is 0. The molecule has 0 aliphatic heterocycles. The normalized spacial score (nSPS) is 15.1. The molecule has 2 rings (SSSR count). The van der Waals surface area contributed by atoms with Crippen LogP contribution >= 0.6 is 0 Å². The molecule has 0 saturated heterocycles. The van der Waals surface area contributed by atoms with Crippen molar-refractivity contribution in [3.8, 4) is 0 Å². The number of halogens is 2. The fourth-order valence-electron chi connectivity index (χ4n) is 2.13. The summed E-state index contributed by atoms with van der Waals surface area (Å²) in [5, 5.41) is 3.09. The fraction of sp³-hybridized carbons (Fsp3) is 0.429. The van der Waals surface area contributed by atoms with Crippen LogP contribution in [0.3, 0.4) is 0 Å². The number of rotatable bonds is 5. The minimum Gasteiger partial charge on any atom is -0.312 e. The van der Waals surface area contributed by atoms with Crippen LogP contribution in [0.15, 0.2) is 29.8 Å². The van der Waals surface area contributed by atoms with Gasteiger partial charge in [-0.15, -0.1) is 0 Å². The Morgan fingerprint density at radius 2 is 1.94 bits per heavy atom. The Balaban J connectivity index is 1.78. The number of hydrogen-bond donors (Lipinski definition) is 1. The molecule has 0 radical (unpaired) electrons. The monoisotopic (exact) mass is 237 g/mol. The Morgan fingerprint density at radius 3 is 2.59 bits per heavy atom. The molecular weight excluding hydrogens is 220 g/mol. The number of nitrogens with one attached hydrogen (secondary N) is 1. The van der Waals surface area contributed by atoms with Gasteiger partial charge in [0.05, 0.1) is 0 Å². The molecule has 0 aromatic heterocycles. The van der Waals surface area contributed by atoms with Gasteiger partial charge in [0, 0.05) is 12.1 Å². The second kappa shape index (κ2) is 5.92. The maximum absolute atomic E-state index is 13.3. The summed E-state index contributed by atoms with van der Waals surface area (Å²) in [4.78, 5) is 0. The number of allylic oxidation sites excluding steroid dienone is 1. The van der Waals surface area contributed by atoms with Crippen LogP contribution in [0.5, 0.6) is 0 Å². The molecule has 1 aliphatic rings. The minimum atomic E-state index is -0.474. The van der Waals surface area contributed by atoms with E-state index in [-0.39, 0.29) is 12.1 Å².